The summed E-state index contributed by atoms with van der Waals surface area (Å²) in [5, 5.41) is 32.7. The van der Waals surface area contributed by atoms with Crippen LogP contribution in [-0.4, -0.2) is 9.13 Å². The molecule has 0 aliphatic heterocycles. The van der Waals surface area contributed by atoms with Crippen molar-refractivity contribution < 1.29 is 0 Å². The zero-order valence-corrected chi connectivity index (χ0v) is 34.6. The van der Waals surface area contributed by atoms with Gasteiger partial charge < -0.3 is 9.13 Å². The van der Waals surface area contributed by atoms with Crippen LogP contribution in [0.1, 0.15) is 11.1 Å². The Hall–Kier alpha value is -8.00. The standard InChI is InChI=1S/C56H30N4S2/c57-31-43-44(32-58)56(60-46-24-12-8-20-36(46)40-28-42-38-22-10-14-26-50(38)62-52(42)30-48(40)60)54(34-17-5-2-6-18-34)53(33-15-3-1-4-16-33)55(43)59-45-23-11-7-19-35(45)39-27-41-37-21-9-13-25-49(37)61-51(41)29-47(39)59/h1-30H. The van der Waals surface area contributed by atoms with Gasteiger partial charge in [-0.05, 0) is 59.7 Å². The summed E-state index contributed by atoms with van der Waals surface area (Å²) >= 11 is 3.56. The van der Waals surface area contributed by atoms with Crippen LogP contribution >= 0.6 is 22.7 Å². The van der Waals surface area contributed by atoms with Crippen LogP contribution in [0.3, 0.4) is 0 Å². The van der Waals surface area contributed by atoms with Crippen LogP contribution in [-0.2, 0) is 0 Å². The molecule has 0 saturated carbocycles. The Morgan fingerprint density at radius 3 is 1.11 bits per heavy atom. The number of rotatable bonds is 4. The van der Waals surface area contributed by atoms with E-state index in [0.717, 1.165) is 65.9 Å². The SMILES string of the molecule is N#Cc1c(C#N)c(-n2c3ccccc3c3cc4c(cc32)sc2ccccc24)c(-c2ccccc2)c(-c2ccccc2)c1-n1c2ccccc2c2cc3c(cc21)sc1ccccc13. The molecule has 4 heterocycles. The Labute approximate surface area is 363 Å². The lowest BCUT2D eigenvalue weighted by molar-refractivity contribution is 1.13. The molecule has 0 atom stereocenters. The van der Waals surface area contributed by atoms with Crippen LogP contribution in [0.2, 0.25) is 0 Å². The van der Waals surface area contributed by atoms with Gasteiger partial charge in [0.15, 0.2) is 0 Å². The first-order valence-corrected chi connectivity index (χ1v) is 22.2. The molecule has 0 amide bonds. The van der Waals surface area contributed by atoms with E-state index in [2.05, 4.69) is 191 Å². The molecule has 0 unspecified atom stereocenters. The lowest BCUT2D eigenvalue weighted by Gasteiger charge is -2.25. The zero-order chi connectivity index (χ0) is 41.1. The Balaban J connectivity index is 1.27. The summed E-state index contributed by atoms with van der Waals surface area (Å²) in [4.78, 5) is 0. The highest BCUT2D eigenvalue weighted by atomic mass is 32.1. The molecule has 9 aromatic carbocycles. The van der Waals surface area contributed by atoms with E-state index < -0.39 is 0 Å². The summed E-state index contributed by atoms with van der Waals surface area (Å²) in [6.07, 6.45) is 0. The fourth-order valence-electron chi connectivity index (χ4n) is 10.0. The minimum Gasteiger partial charge on any atom is -0.307 e. The molecule has 286 valence electrons. The Morgan fingerprint density at radius 1 is 0.323 bits per heavy atom. The summed E-state index contributed by atoms with van der Waals surface area (Å²) in [5.74, 6) is 0. The number of thiophene rings is 2. The van der Waals surface area contributed by atoms with Gasteiger partial charge in [0.1, 0.15) is 12.1 Å². The molecule has 0 saturated heterocycles. The van der Waals surface area contributed by atoms with Gasteiger partial charge in [-0.1, -0.05) is 133 Å². The van der Waals surface area contributed by atoms with Crippen molar-refractivity contribution in [1.82, 2.24) is 9.13 Å². The van der Waals surface area contributed by atoms with Crippen molar-refractivity contribution in [2.75, 3.05) is 0 Å². The molecule has 13 aromatic rings. The summed E-state index contributed by atoms with van der Waals surface area (Å²) < 4.78 is 9.32. The number of para-hydroxylation sites is 2. The smallest absolute Gasteiger partial charge is 0.103 e. The van der Waals surface area contributed by atoms with E-state index in [9.17, 15) is 10.5 Å². The average Bonchev–Trinajstić information content (AvgIpc) is 4.07. The normalized spacial score (nSPS) is 11.8. The zero-order valence-electron chi connectivity index (χ0n) is 32.9. The molecule has 0 N–H and O–H groups in total. The second kappa shape index (κ2) is 13.3. The summed E-state index contributed by atoms with van der Waals surface area (Å²) in [7, 11) is 0. The molecule has 6 heteroatoms. The van der Waals surface area contributed by atoms with Gasteiger partial charge in [-0.25, -0.2) is 0 Å². The maximum atomic E-state index is 11.7. The van der Waals surface area contributed by atoms with Gasteiger partial charge in [-0.2, -0.15) is 10.5 Å². The van der Waals surface area contributed by atoms with E-state index in [-0.39, 0.29) is 0 Å². The monoisotopic (exact) mass is 822 g/mol. The highest BCUT2D eigenvalue weighted by Gasteiger charge is 2.32. The maximum absolute atomic E-state index is 11.7. The van der Waals surface area contributed by atoms with Crippen molar-refractivity contribution >= 4 is 107 Å². The minimum absolute atomic E-state index is 0.328. The Kier molecular flexibility index (Phi) is 7.44. The first-order chi connectivity index (χ1) is 30.7. The number of hydrogen-bond donors (Lipinski definition) is 0. The van der Waals surface area contributed by atoms with E-state index >= 15 is 0 Å². The van der Waals surface area contributed by atoms with Crippen LogP contribution < -0.4 is 0 Å². The van der Waals surface area contributed by atoms with Gasteiger partial charge in [0.2, 0.25) is 0 Å². The predicted molar refractivity (Wildman–Crippen MR) is 261 cm³/mol. The predicted octanol–water partition coefficient (Wildman–Crippen LogP) is 15.7. The summed E-state index contributed by atoms with van der Waals surface area (Å²) in [6.45, 7) is 0. The quantitative estimate of drug-likeness (QED) is 0.178. The lowest BCUT2D eigenvalue weighted by Crippen LogP contribution is -2.11. The van der Waals surface area contributed by atoms with Crippen LogP contribution in [0.25, 0.3) is 118 Å². The number of nitriles is 2. The topological polar surface area (TPSA) is 57.4 Å². The molecule has 62 heavy (non-hydrogen) atoms. The van der Waals surface area contributed by atoms with Gasteiger partial charge in [0.25, 0.3) is 0 Å². The van der Waals surface area contributed by atoms with E-state index in [1.165, 1.54) is 40.3 Å². The summed E-state index contributed by atoms with van der Waals surface area (Å²) in [6, 6.07) is 69.5. The molecular weight excluding hydrogens is 793 g/mol. The Bertz CT molecular complexity index is 3850. The second-order valence-electron chi connectivity index (χ2n) is 15.8. The largest absolute Gasteiger partial charge is 0.307 e. The van der Waals surface area contributed by atoms with Gasteiger partial charge in [-0.3, -0.25) is 0 Å². The van der Waals surface area contributed by atoms with E-state index in [1.807, 2.05) is 12.1 Å². The molecule has 0 radical (unpaired) electrons. The van der Waals surface area contributed by atoms with Crippen molar-refractivity contribution in [3.05, 3.63) is 193 Å². The number of nitrogens with zero attached hydrogens (tertiary/aromatic N) is 4. The second-order valence-corrected chi connectivity index (χ2v) is 18.0. The fourth-order valence-corrected chi connectivity index (χ4v) is 12.3. The van der Waals surface area contributed by atoms with Crippen molar-refractivity contribution in [2.45, 2.75) is 0 Å². The van der Waals surface area contributed by atoms with Crippen molar-refractivity contribution in [1.29, 1.82) is 10.5 Å². The first-order valence-electron chi connectivity index (χ1n) is 20.5. The molecule has 4 aromatic heterocycles. The molecule has 0 fully saturated rings. The highest BCUT2D eigenvalue weighted by Crippen LogP contribution is 2.51. The number of fused-ring (bicyclic) bond motifs is 12. The minimum atomic E-state index is 0.328. The number of benzene rings is 9. The number of hydrogen-bond acceptors (Lipinski definition) is 4. The molecule has 13 rings (SSSR count). The van der Waals surface area contributed by atoms with E-state index in [0.29, 0.717) is 22.5 Å². The van der Waals surface area contributed by atoms with Crippen molar-refractivity contribution in [3.63, 3.8) is 0 Å². The van der Waals surface area contributed by atoms with Gasteiger partial charge in [0, 0.05) is 73.0 Å². The third-order valence-corrected chi connectivity index (χ3v) is 14.9. The van der Waals surface area contributed by atoms with Crippen LogP contribution in [0.5, 0.6) is 0 Å². The van der Waals surface area contributed by atoms with E-state index in [1.54, 1.807) is 22.7 Å². The van der Waals surface area contributed by atoms with Crippen molar-refractivity contribution in [3.8, 4) is 45.8 Å². The molecule has 4 nitrogen and oxygen atoms in total. The molecular formula is C56H30N4S2. The molecule has 0 aliphatic carbocycles. The summed E-state index contributed by atoms with van der Waals surface area (Å²) in [5.41, 5.74) is 9.62. The first kappa shape index (κ1) is 34.8. The van der Waals surface area contributed by atoms with E-state index in [4.69, 9.17) is 0 Å². The van der Waals surface area contributed by atoms with Crippen LogP contribution in [0.15, 0.2) is 182 Å². The van der Waals surface area contributed by atoms with Crippen LogP contribution in [0, 0.1) is 22.7 Å². The lowest BCUT2D eigenvalue weighted by atomic mass is 9.85. The van der Waals surface area contributed by atoms with Gasteiger partial charge >= 0.3 is 0 Å². The Morgan fingerprint density at radius 2 is 0.694 bits per heavy atom. The third-order valence-electron chi connectivity index (χ3n) is 12.6. The molecule has 0 bridgehead atoms. The maximum Gasteiger partial charge on any atom is 0.103 e. The highest BCUT2D eigenvalue weighted by molar-refractivity contribution is 7.26. The average molecular weight is 823 g/mol. The molecule has 0 spiro atoms. The van der Waals surface area contributed by atoms with Crippen molar-refractivity contribution in [2.24, 2.45) is 0 Å². The molecule has 0 aliphatic rings. The van der Waals surface area contributed by atoms with Gasteiger partial charge in [-0.15, -0.1) is 22.7 Å². The van der Waals surface area contributed by atoms with Crippen LogP contribution in [0.4, 0.5) is 0 Å². The number of aromatic nitrogens is 2. The third kappa shape index (κ3) is 4.79. The van der Waals surface area contributed by atoms with Gasteiger partial charge in [0.05, 0.1) is 44.6 Å². The fraction of sp³-hybridized carbons (Fsp3) is 0.